The molecule has 0 atom stereocenters. The molecule has 0 heterocycles. The van der Waals surface area contributed by atoms with Crippen LogP contribution in [-0.4, -0.2) is 67.5 Å². The van der Waals surface area contributed by atoms with Gasteiger partial charge in [0.1, 0.15) is 0 Å². The molecule has 2 aromatic carbocycles. The van der Waals surface area contributed by atoms with Crippen LogP contribution in [0.1, 0.15) is 67.2 Å². The molecule has 0 aliphatic heterocycles. The molecule has 0 saturated carbocycles. The molecule has 238 valence electrons. The summed E-state index contributed by atoms with van der Waals surface area (Å²) in [5, 5.41) is 3.39. The zero-order valence-corrected chi connectivity index (χ0v) is 34.9. The first-order chi connectivity index (χ1) is 20.0. The van der Waals surface area contributed by atoms with E-state index in [1.807, 2.05) is 14.2 Å². The van der Waals surface area contributed by atoms with Gasteiger partial charge in [0, 0.05) is 34.2 Å². The molecular formula is C35H65O2PSi4. The highest BCUT2D eigenvalue weighted by Crippen LogP contribution is 2.39. The maximum atomic E-state index is 5.84. The van der Waals surface area contributed by atoms with Gasteiger partial charge >= 0.3 is 0 Å². The summed E-state index contributed by atoms with van der Waals surface area (Å²) in [7, 11) is 1.85. The van der Waals surface area contributed by atoms with E-state index in [2.05, 4.69) is 102 Å². The van der Waals surface area contributed by atoms with Crippen molar-refractivity contribution in [2.45, 2.75) is 126 Å². The summed E-state index contributed by atoms with van der Waals surface area (Å²) in [6.07, 6.45) is 7.19. The van der Waals surface area contributed by atoms with E-state index >= 15 is 0 Å². The van der Waals surface area contributed by atoms with Crippen molar-refractivity contribution in [1.29, 1.82) is 0 Å². The Labute approximate surface area is 270 Å². The lowest BCUT2D eigenvalue weighted by molar-refractivity contribution is 0.0919. The van der Waals surface area contributed by atoms with E-state index in [1.165, 1.54) is 43.9 Å². The van der Waals surface area contributed by atoms with Gasteiger partial charge in [0.15, 0.2) is 0 Å². The van der Waals surface area contributed by atoms with E-state index in [0.29, 0.717) is 0 Å². The maximum absolute atomic E-state index is 5.84. The second-order valence-corrected chi connectivity index (χ2v) is 30.5. The molecule has 0 aliphatic rings. The van der Waals surface area contributed by atoms with Crippen LogP contribution in [0, 0.1) is 0 Å². The van der Waals surface area contributed by atoms with Crippen molar-refractivity contribution >= 4 is 55.2 Å². The van der Waals surface area contributed by atoms with Crippen LogP contribution >= 0.6 is 7.92 Å². The zero-order chi connectivity index (χ0) is 30.9. The van der Waals surface area contributed by atoms with Crippen LogP contribution in [0.5, 0.6) is 0 Å². The minimum atomic E-state index is -1.35. The molecule has 0 radical (unpaired) electrons. The van der Waals surface area contributed by atoms with E-state index in [9.17, 15) is 0 Å². The van der Waals surface area contributed by atoms with Crippen LogP contribution in [0.2, 0.25) is 47.8 Å². The number of rotatable bonds is 23. The lowest BCUT2D eigenvalue weighted by Crippen LogP contribution is -2.36. The van der Waals surface area contributed by atoms with Crippen molar-refractivity contribution in [3.8, 4) is 0 Å². The molecule has 2 aromatic rings. The van der Waals surface area contributed by atoms with Gasteiger partial charge in [0.05, 0.1) is 27.1 Å². The highest BCUT2D eigenvalue weighted by atomic mass is 31.1. The van der Waals surface area contributed by atoms with Crippen molar-refractivity contribution < 1.29 is 9.47 Å². The standard InChI is InChI=1S/C35H65O2PSi4/c1-31(2)39-24-16-28-42(29-17-25-40-34(3,4)36-7,30-18-26-41-35(5,6)37-8)27-15-23-38(32-19-11-9-12-20-32)33-21-13-10-14-22-33/h9-14,19-22,31H,15-18,23-30,39-41H2,1-8H3. The van der Waals surface area contributed by atoms with Gasteiger partial charge in [0.2, 0.25) is 0 Å². The molecule has 2 nitrogen and oxygen atoms in total. The van der Waals surface area contributed by atoms with Crippen molar-refractivity contribution in [2.24, 2.45) is 0 Å². The Balaban J connectivity index is 2.20. The molecule has 0 fully saturated rings. The fourth-order valence-electron chi connectivity index (χ4n) is 6.34. The van der Waals surface area contributed by atoms with Crippen molar-refractivity contribution in [3.63, 3.8) is 0 Å². The highest BCUT2D eigenvalue weighted by Gasteiger charge is 2.32. The Morgan fingerprint density at radius 1 is 0.643 bits per heavy atom. The smallest absolute Gasteiger partial charge is 0.0587 e. The van der Waals surface area contributed by atoms with Crippen LogP contribution in [0.3, 0.4) is 0 Å². The van der Waals surface area contributed by atoms with E-state index in [0.717, 1.165) is 5.54 Å². The van der Waals surface area contributed by atoms with Gasteiger partial charge in [-0.1, -0.05) is 148 Å². The maximum Gasteiger partial charge on any atom is 0.0587 e. The summed E-state index contributed by atoms with van der Waals surface area (Å²) in [6, 6.07) is 33.5. The van der Waals surface area contributed by atoms with E-state index in [-0.39, 0.29) is 46.9 Å². The first-order valence-electron chi connectivity index (χ1n) is 17.0. The molecule has 42 heavy (non-hydrogen) atoms. The molecule has 0 saturated heterocycles. The van der Waals surface area contributed by atoms with Crippen molar-refractivity contribution in [2.75, 3.05) is 20.4 Å². The minimum absolute atomic E-state index is 0.0903. The molecule has 0 N–H and O–H groups in total. The third-order valence-corrected chi connectivity index (χ3v) is 24.6. The largest absolute Gasteiger partial charge is 0.383 e. The lowest BCUT2D eigenvalue weighted by atomic mass is 10.4. The van der Waals surface area contributed by atoms with Crippen LogP contribution in [0.4, 0.5) is 0 Å². The Bertz CT molecular complexity index is 892. The predicted molar refractivity (Wildman–Crippen MR) is 205 cm³/mol. The Morgan fingerprint density at radius 2 is 1.05 bits per heavy atom. The van der Waals surface area contributed by atoms with E-state index < -0.39 is 8.07 Å². The van der Waals surface area contributed by atoms with Gasteiger partial charge in [-0.2, -0.15) is 0 Å². The van der Waals surface area contributed by atoms with Crippen LogP contribution < -0.4 is 10.6 Å². The highest BCUT2D eigenvalue weighted by molar-refractivity contribution is 7.73. The van der Waals surface area contributed by atoms with E-state index in [1.54, 1.807) is 40.8 Å². The predicted octanol–water partition coefficient (Wildman–Crippen LogP) is 7.48. The molecule has 0 aromatic heterocycles. The zero-order valence-electron chi connectivity index (χ0n) is 28.7. The molecule has 0 spiro atoms. The molecule has 7 heteroatoms. The number of methoxy groups -OCH3 is 2. The second kappa shape index (κ2) is 19.9. The fourth-order valence-corrected chi connectivity index (χ4v) is 20.4. The van der Waals surface area contributed by atoms with E-state index in [4.69, 9.17) is 9.47 Å². The fraction of sp³-hybridized carbons (Fsp3) is 0.657. The molecule has 0 aliphatic carbocycles. The Morgan fingerprint density at radius 3 is 1.45 bits per heavy atom. The van der Waals surface area contributed by atoms with Crippen LogP contribution in [0.25, 0.3) is 0 Å². The Hall–Kier alpha value is -0.342. The molecule has 0 bridgehead atoms. The number of benzene rings is 2. The summed E-state index contributed by atoms with van der Waals surface area (Å²) in [4.78, 5) is 0. The van der Waals surface area contributed by atoms with Gasteiger partial charge in [-0.3, -0.25) is 0 Å². The van der Waals surface area contributed by atoms with Crippen LogP contribution in [0.15, 0.2) is 60.7 Å². The van der Waals surface area contributed by atoms with Gasteiger partial charge in [-0.05, 0) is 52.4 Å². The van der Waals surface area contributed by atoms with Crippen LogP contribution in [-0.2, 0) is 9.47 Å². The molecule has 2 rings (SSSR count). The quantitative estimate of drug-likeness (QED) is 0.0699. The SMILES string of the molecule is COC(C)(C)[SiH2]CCC[Si](CCC[SiH2]C(C)C)(CCC[SiH2]C(C)(C)OC)CCCP(c1ccccc1)c1ccccc1. The first-order valence-corrected chi connectivity index (χ1v) is 26.6. The third-order valence-electron chi connectivity index (χ3n) is 9.54. The average molecular weight is 661 g/mol. The molecule has 0 unspecified atom stereocenters. The van der Waals surface area contributed by atoms with Crippen molar-refractivity contribution in [3.05, 3.63) is 60.7 Å². The van der Waals surface area contributed by atoms with Gasteiger partial charge < -0.3 is 9.47 Å². The van der Waals surface area contributed by atoms with Crippen molar-refractivity contribution in [1.82, 2.24) is 0 Å². The lowest BCUT2D eigenvalue weighted by Gasteiger charge is -2.34. The van der Waals surface area contributed by atoms with Gasteiger partial charge in [-0.15, -0.1) is 0 Å². The van der Waals surface area contributed by atoms with Gasteiger partial charge in [0.25, 0.3) is 0 Å². The number of hydrogen-bond donors (Lipinski definition) is 0. The molecular weight excluding hydrogens is 596 g/mol. The monoisotopic (exact) mass is 660 g/mol. The summed E-state index contributed by atoms with van der Waals surface area (Å²) in [5.41, 5.74) is 0.964. The summed E-state index contributed by atoms with van der Waals surface area (Å²) in [5.74, 6) is 0. The topological polar surface area (TPSA) is 18.5 Å². The third kappa shape index (κ3) is 15.1. The molecule has 0 amide bonds. The average Bonchev–Trinajstić information content (AvgIpc) is 2.98. The number of hydrogen-bond acceptors (Lipinski definition) is 2. The van der Waals surface area contributed by atoms with Gasteiger partial charge in [-0.25, -0.2) is 0 Å². The summed E-state index contributed by atoms with van der Waals surface area (Å²) in [6.45, 7) is 14.2. The summed E-state index contributed by atoms with van der Waals surface area (Å²) >= 11 is 0. The normalized spacial score (nSPS) is 14.9. The summed E-state index contributed by atoms with van der Waals surface area (Å²) < 4.78 is 11.7. The first kappa shape index (κ1) is 37.8. The Kier molecular flexibility index (Phi) is 17.9. The minimum Gasteiger partial charge on any atom is -0.383 e. The second-order valence-electron chi connectivity index (χ2n) is 14.4. The number of ether oxygens (including phenoxy) is 2.